The highest BCUT2D eigenvalue weighted by Crippen LogP contribution is 2.38. The van der Waals surface area contributed by atoms with Gasteiger partial charge < -0.3 is 10.0 Å². The number of aromatic nitrogens is 2. The van der Waals surface area contributed by atoms with Gasteiger partial charge in [0.25, 0.3) is 5.91 Å². The molecule has 1 N–H and O–H groups in total. The quantitative estimate of drug-likeness (QED) is 0.881. The van der Waals surface area contributed by atoms with Crippen molar-refractivity contribution < 1.29 is 14.7 Å². The van der Waals surface area contributed by atoms with Crippen LogP contribution in [-0.2, 0) is 4.79 Å². The lowest BCUT2D eigenvalue weighted by molar-refractivity contribution is -0.150. The molecule has 1 aliphatic rings. The van der Waals surface area contributed by atoms with Crippen molar-refractivity contribution in [3.05, 3.63) is 24.3 Å². The molecule has 0 spiro atoms. The van der Waals surface area contributed by atoms with Crippen molar-refractivity contribution in [1.82, 2.24) is 14.9 Å². The van der Waals surface area contributed by atoms with Crippen molar-refractivity contribution in [2.45, 2.75) is 20.3 Å². The van der Waals surface area contributed by atoms with E-state index in [1.807, 2.05) is 13.8 Å². The van der Waals surface area contributed by atoms with E-state index in [1.54, 1.807) is 4.90 Å². The maximum Gasteiger partial charge on any atom is 0.311 e. The van der Waals surface area contributed by atoms with Gasteiger partial charge in [-0.1, -0.05) is 13.8 Å². The molecule has 0 saturated carbocycles. The standard InChI is InChI=1S/C13H17N3O3/c1-9(2)13(12(18)19)3-4-16(7-13)11(17)10-5-14-8-15-6-10/h5-6,8-9H,3-4,7H2,1-2H3,(H,18,19). The Hall–Kier alpha value is -1.98. The first-order valence-electron chi connectivity index (χ1n) is 6.25. The van der Waals surface area contributed by atoms with Gasteiger partial charge in [0.2, 0.25) is 0 Å². The molecule has 1 unspecified atom stereocenters. The number of nitrogens with zero attached hydrogens (tertiary/aromatic N) is 3. The minimum atomic E-state index is -0.842. The SMILES string of the molecule is CC(C)C1(C(=O)O)CCN(C(=O)c2cncnc2)C1. The van der Waals surface area contributed by atoms with Crippen LogP contribution in [0.15, 0.2) is 18.7 Å². The number of carboxylic acid groups (broad SMARTS) is 1. The monoisotopic (exact) mass is 263 g/mol. The van der Waals surface area contributed by atoms with Gasteiger partial charge >= 0.3 is 5.97 Å². The summed E-state index contributed by atoms with van der Waals surface area (Å²) in [5, 5.41) is 9.44. The molecule has 0 aromatic carbocycles. The number of likely N-dealkylation sites (tertiary alicyclic amines) is 1. The van der Waals surface area contributed by atoms with Crippen LogP contribution >= 0.6 is 0 Å². The van der Waals surface area contributed by atoms with E-state index in [0.29, 0.717) is 18.5 Å². The summed E-state index contributed by atoms with van der Waals surface area (Å²) in [7, 11) is 0. The summed E-state index contributed by atoms with van der Waals surface area (Å²) in [4.78, 5) is 32.9. The predicted octanol–water partition coefficient (Wildman–Crippen LogP) is 1.05. The molecule has 19 heavy (non-hydrogen) atoms. The Balaban J connectivity index is 2.18. The fourth-order valence-corrected chi connectivity index (χ4v) is 2.49. The Morgan fingerprint density at radius 3 is 2.47 bits per heavy atom. The first-order chi connectivity index (χ1) is 8.97. The third kappa shape index (κ3) is 2.30. The van der Waals surface area contributed by atoms with Gasteiger partial charge in [-0.15, -0.1) is 0 Å². The third-order valence-electron chi connectivity index (χ3n) is 3.93. The maximum absolute atomic E-state index is 12.2. The number of aliphatic carboxylic acids is 1. The Labute approximate surface area is 111 Å². The van der Waals surface area contributed by atoms with E-state index in [-0.39, 0.29) is 18.4 Å². The molecule has 1 aliphatic heterocycles. The Morgan fingerprint density at radius 2 is 2.00 bits per heavy atom. The van der Waals surface area contributed by atoms with Gasteiger partial charge in [0.05, 0.1) is 11.0 Å². The van der Waals surface area contributed by atoms with Gasteiger partial charge in [0.15, 0.2) is 0 Å². The summed E-state index contributed by atoms with van der Waals surface area (Å²) in [5.41, 5.74) is -0.446. The van der Waals surface area contributed by atoms with Crippen LogP contribution in [-0.4, -0.2) is 44.9 Å². The molecule has 0 aliphatic carbocycles. The van der Waals surface area contributed by atoms with Crippen molar-refractivity contribution in [2.75, 3.05) is 13.1 Å². The molecule has 1 aromatic rings. The molecule has 6 nitrogen and oxygen atoms in total. The van der Waals surface area contributed by atoms with Crippen LogP contribution in [0.25, 0.3) is 0 Å². The van der Waals surface area contributed by atoms with Crippen LogP contribution in [0.5, 0.6) is 0 Å². The van der Waals surface area contributed by atoms with Gasteiger partial charge in [-0.3, -0.25) is 9.59 Å². The zero-order valence-electron chi connectivity index (χ0n) is 11.0. The largest absolute Gasteiger partial charge is 0.481 e. The Bertz CT molecular complexity index is 489. The molecular formula is C13H17N3O3. The molecule has 2 rings (SSSR count). The Morgan fingerprint density at radius 1 is 1.37 bits per heavy atom. The van der Waals surface area contributed by atoms with E-state index in [2.05, 4.69) is 9.97 Å². The summed E-state index contributed by atoms with van der Waals surface area (Å²) in [5.74, 6) is -1.05. The number of carboxylic acids is 1. The molecule has 1 atom stereocenters. The normalized spacial score (nSPS) is 22.8. The van der Waals surface area contributed by atoms with Gasteiger partial charge in [0, 0.05) is 25.5 Å². The van der Waals surface area contributed by atoms with E-state index >= 15 is 0 Å². The third-order valence-corrected chi connectivity index (χ3v) is 3.93. The van der Waals surface area contributed by atoms with Crippen LogP contribution in [0, 0.1) is 11.3 Å². The van der Waals surface area contributed by atoms with Crippen LogP contribution in [0.2, 0.25) is 0 Å². The fourth-order valence-electron chi connectivity index (χ4n) is 2.49. The number of carbonyl (C=O) groups excluding carboxylic acids is 1. The van der Waals surface area contributed by atoms with Crippen LogP contribution in [0.4, 0.5) is 0 Å². The molecule has 1 saturated heterocycles. The topological polar surface area (TPSA) is 83.4 Å². The van der Waals surface area contributed by atoms with Crippen molar-refractivity contribution in [2.24, 2.45) is 11.3 Å². The van der Waals surface area contributed by atoms with Gasteiger partial charge in [-0.2, -0.15) is 0 Å². The number of hydrogen-bond acceptors (Lipinski definition) is 4. The summed E-state index contributed by atoms with van der Waals surface area (Å²) < 4.78 is 0. The van der Waals surface area contributed by atoms with E-state index in [9.17, 15) is 14.7 Å². The van der Waals surface area contributed by atoms with E-state index < -0.39 is 11.4 Å². The molecule has 6 heteroatoms. The van der Waals surface area contributed by atoms with Gasteiger partial charge in [-0.25, -0.2) is 9.97 Å². The fraction of sp³-hybridized carbons (Fsp3) is 0.538. The number of carbonyl (C=O) groups is 2. The first-order valence-corrected chi connectivity index (χ1v) is 6.25. The van der Waals surface area contributed by atoms with Gasteiger partial charge in [-0.05, 0) is 12.3 Å². The molecule has 1 amide bonds. The average Bonchev–Trinajstić information content (AvgIpc) is 2.85. The van der Waals surface area contributed by atoms with Crippen LogP contribution in [0.1, 0.15) is 30.6 Å². The second-order valence-electron chi connectivity index (χ2n) is 5.22. The van der Waals surface area contributed by atoms with E-state index in [0.717, 1.165) is 0 Å². The second-order valence-corrected chi connectivity index (χ2v) is 5.22. The molecule has 0 radical (unpaired) electrons. The maximum atomic E-state index is 12.2. The summed E-state index contributed by atoms with van der Waals surface area (Å²) in [6.45, 7) is 4.47. The van der Waals surface area contributed by atoms with Crippen molar-refractivity contribution in [3.8, 4) is 0 Å². The van der Waals surface area contributed by atoms with E-state index in [4.69, 9.17) is 0 Å². The first kappa shape index (κ1) is 13.5. The predicted molar refractivity (Wildman–Crippen MR) is 67.5 cm³/mol. The summed E-state index contributed by atoms with van der Waals surface area (Å²) >= 11 is 0. The van der Waals surface area contributed by atoms with Crippen molar-refractivity contribution >= 4 is 11.9 Å². The number of hydrogen-bond donors (Lipinski definition) is 1. The molecule has 102 valence electrons. The highest BCUT2D eigenvalue weighted by Gasteiger charge is 2.48. The molecule has 2 heterocycles. The molecule has 0 bridgehead atoms. The summed E-state index contributed by atoms with van der Waals surface area (Å²) in [6, 6.07) is 0. The number of amides is 1. The number of rotatable bonds is 3. The second kappa shape index (κ2) is 4.95. The highest BCUT2D eigenvalue weighted by atomic mass is 16.4. The lowest BCUT2D eigenvalue weighted by atomic mass is 9.76. The average molecular weight is 263 g/mol. The summed E-state index contributed by atoms with van der Waals surface area (Å²) in [6.07, 6.45) is 4.74. The smallest absolute Gasteiger partial charge is 0.311 e. The lowest BCUT2D eigenvalue weighted by Crippen LogP contribution is -2.40. The highest BCUT2D eigenvalue weighted by molar-refractivity contribution is 5.94. The zero-order valence-corrected chi connectivity index (χ0v) is 11.0. The van der Waals surface area contributed by atoms with Crippen LogP contribution in [0.3, 0.4) is 0 Å². The van der Waals surface area contributed by atoms with Crippen LogP contribution < -0.4 is 0 Å². The van der Waals surface area contributed by atoms with Crippen molar-refractivity contribution in [3.63, 3.8) is 0 Å². The van der Waals surface area contributed by atoms with Gasteiger partial charge in [0.1, 0.15) is 6.33 Å². The minimum Gasteiger partial charge on any atom is -0.481 e. The molecule has 1 fully saturated rings. The minimum absolute atomic E-state index is 0.0187. The lowest BCUT2D eigenvalue weighted by Gasteiger charge is -2.28. The van der Waals surface area contributed by atoms with Crippen molar-refractivity contribution in [1.29, 1.82) is 0 Å². The van der Waals surface area contributed by atoms with E-state index in [1.165, 1.54) is 18.7 Å². The molecule has 1 aromatic heterocycles. The molecular weight excluding hydrogens is 246 g/mol. The Kier molecular flexibility index (Phi) is 3.50. The zero-order chi connectivity index (χ0) is 14.0.